The average Bonchev–Trinajstić information content (AvgIpc) is 2.95. The zero-order chi connectivity index (χ0) is 14.3. The van der Waals surface area contributed by atoms with Gasteiger partial charge in [-0.05, 0) is 12.1 Å². The highest BCUT2D eigenvalue weighted by molar-refractivity contribution is 5.56. The number of nitrogens with zero attached hydrogens (tertiary/aromatic N) is 2. The Morgan fingerprint density at radius 1 is 1.05 bits per heavy atom. The molecule has 1 aromatic carbocycles. The number of likely N-dealkylation sites (tertiary alicyclic amines) is 1. The maximum absolute atomic E-state index is 13.0. The van der Waals surface area contributed by atoms with Crippen LogP contribution in [-0.2, 0) is 11.0 Å². The summed E-state index contributed by atoms with van der Waals surface area (Å²) in [5.74, 6) is 0.558. The molecule has 0 N–H and O–H groups in total. The van der Waals surface area contributed by atoms with E-state index in [9.17, 15) is 18.0 Å². The van der Waals surface area contributed by atoms with Crippen LogP contribution in [-0.4, -0.2) is 37.5 Å². The molecule has 0 aromatic heterocycles. The van der Waals surface area contributed by atoms with Crippen molar-refractivity contribution in [3.63, 3.8) is 0 Å². The van der Waals surface area contributed by atoms with E-state index in [1.165, 1.54) is 12.1 Å². The molecule has 0 aliphatic carbocycles. The number of benzene rings is 1. The average molecular weight is 284 g/mol. The van der Waals surface area contributed by atoms with Crippen LogP contribution in [0.15, 0.2) is 24.3 Å². The third-order valence-corrected chi connectivity index (χ3v) is 4.21. The van der Waals surface area contributed by atoms with Crippen LogP contribution in [0.1, 0.15) is 5.56 Å². The first kappa shape index (κ1) is 13.3. The quantitative estimate of drug-likeness (QED) is 0.778. The molecule has 1 amide bonds. The van der Waals surface area contributed by atoms with Gasteiger partial charge in [0.1, 0.15) is 0 Å². The number of alkyl halides is 3. The van der Waals surface area contributed by atoms with E-state index in [-0.39, 0.29) is 17.5 Å². The van der Waals surface area contributed by atoms with Gasteiger partial charge in [-0.25, -0.2) is 0 Å². The van der Waals surface area contributed by atoms with Crippen molar-refractivity contribution < 1.29 is 18.0 Å². The summed E-state index contributed by atoms with van der Waals surface area (Å²) in [6.45, 7) is 2.47. The number of rotatable bonds is 2. The van der Waals surface area contributed by atoms with Crippen LogP contribution in [0.25, 0.3) is 0 Å². The molecule has 6 heteroatoms. The van der Waals surface area contributed by atoms with Crippen LogP contribution in [0.4, 0.5) is 18.9 Å². The molecule has 2 heterocycles. The lowest BCUT2D eigenvalue weighted by atomic mass is 10.0. The van der Waals surface area contributed by atoms with Crippen molar-refractivity contribution in [2.45, 2.75) is 6.18 Å². The minimum atomic E-state index is -4.33. The van der Waals surface area contributed by atoms with Crippen LogP contribution in [0.2, 0.25) is 0 Å². The zero-order valence-electron chi connectivity index (χ0n) is 10.8. The second kappa shape index (κ2) is 4.68. The maximum atomic E-state index is 13.0. The number of anilines is 1. The van der Waals surface area contributed by atoms with Crippen molar-refractivity contribution in [3.8, 4) is 0 Å². The molecular weight excluding hydrogens is 269 g/mol. The lowest BCUT2D eigenvalue weighted by Crippen LogP contribution is -2.29. The van der Waals surface area contributed by atoms with Gasteiger partial charge < -0.3 is 9.80 Å². The molecule has 1 aromatic rings. The first-order valence-electron chi connectivity index (χ1n) is 6.59. The van der Waals surface area contributed by atoms with Crippen molar-refractivity contribution in [3.05, 3.63) is 29.8 Å². The zero-order valence-corrected chi connectivity index (χ0v) is 10.8. The van der Waals surface area contributed by atoms with E-state index in [1.54, 1.807) is 15.9 Å². The normalized spacial score (nSPS) is 25.9. The molecule has 108 valence electrons. The largest absolute Gasteiger partial charge is 0.418 e. The summed E-state index contributed by atoms with van der Waals surface area (Å²) in [5.41, 5.74) is -0.320. The Morgan fingerprint density at radius 2 is 1.65 bits per heavy atom. The third-order valence-electron chi connectivity index (χ3n) is 4.21. The van der Waals surface area contributed by atoms with Gasteiger partial charge in [0, 0.05) is 43.7 Å². The highest BCUT2D eigenvalue weighted by atomic mass is 19.4. The monoisotopic (exact) mass is 284 g/mol. The van der Waals surface area contributed by atoms with Crippen molar-refractivity contribution in [1.82, 2.24) is 4.90 Å². The van der Waals surface area contributed by atoms with E-state index in [0.717, 1.165) is 12.5 Å². The van der Waals surface area contributed by atoms with Crippen LogP contribution >= 0.6 is 0 Å². The van der Waals surface area contributed by atoms with Gasteiger partial charge >= 0.3 is 6.18 Å². The number of hydrogen-bond donors (Lipinski definition) is 0. The summed E-state index contributed by atoms with van der Waals surface area (Å²) in [4.78, 5) is 14.3. The van der Waals surface area contributed by atoms with Crippen molar-refractivity contribution >= 4 is 12.1 Å². The molecule has 0 radical (unpaired) electrons. The number of halogens is 3. The summed E-state index contributed by atoms with van der Waals surface area (Å²) >= 11 is 0. The highest BCUT2D eigenvalue weighted by Crippen LogP contribution is 2.40. The number of carbonyl (C=O) groups excluding carboxylic acids is 1. The minimum Gasteiger partial charge on any atom is -0.370 e. The molecule has 0 saturated carbocycles. The van der Waals surface area contributed by atoms with Crippen LogP contribution in [0.5, 0.6) is 0 Å². The first-order valence-corrected chi connectivity index (χ1v) is 6.59. The number of amides is 1. The fourth-order valence-corrected chi connectivity index (χ4v) is 3.30. The van der Waals surface area contributed by atoms with E-state index in [1.807, 2.05) is 0 Å². The first-order chi connectivity index (χ1) is 9.49. The molecule has 0 unspecified atom stereocenters. The molecule has 2 saturated heterocycles. The molecule has 3 nitrogen and oxygen atoms in total. The van der Waals surface area contributed by atoms with Gasteiger partial charge in [0.05, 0.1) is 5.56 Å². The van der Waals surface area contributed by atoms with Gasteiger partial charge in [0.2, 0.25) is 6.41 Å². The summed E-state index contributed by atoms with van der Waals surface area (Å²) in [6, 6.07) is 5.70. The fraction of sp³-hybridized carbons (Fsp3) is 0.500. The fourth-order valence-electron chi connectivity index (χ4n) is 3.30. The second-order valence-corrected chi connectivity index (χ2v) is 5.50. The molecule has 2 fully saturated rings. The van der Waals surface area contributed by atoms with Crippen LogP contribution in [0, 0.1) is 11.8 Å². The molecule has 2 atom stereocenters. The van der Waals surface area contributed by atoms with E-state index in [4.69, 9.17) is 0 Å². The SMILES string of the molecule is O=CN1C[C@@H]2CN(c3ccccc3C(F)(F)F)C[C@@H]2C1. The van der Waals surface area contributed by atoms with Gasteiger partial charge in [-0.3, -0.25) is 4.79 Å². The topological polar surface area (TPSA) is 23.6 Å². The van der Waals surface area contributed by atoms with Gasteiger partial charge in [0.15, 0.2) is 0 Å². The molecule has 0 spiro atoms. The van der Waals surface area contributed by atoms with E-state index in [2.05, 4.69) is 0 Å². The van der Waals surface area contributed by atoms with Crippen molar-refractivity contribution in [1.29, 1.82) is 0 Å². The number of para-hydroxylation sites is 1. The summed E-state index contributed by atoms with van der Waals surface area (Å²) in [5, 5.41) is 0. The van der Waals surface area contributed by atoms with Crippen molar-refractivity contribution in [2.75, 3.05) is 31.1 Å². The molecule has 2 aliphatic heterocycles. The lowest BCUT2D eigenvalue weighted by molar-refractivity contribution is -0.137. The third kappa shape index (κ3) is 2.23. The molecule has 0 bridgehead atoms. The summed E-state index contributed by atoms with van der Waals surface area (Å²) < 4.78 is 39.1. The highest BCUT2D eigenvalue weighted by Gasteiger charge is 2.42. The van der Waals surface area contributed by atoms with Gasteiger partial charge in [-0.1, -0.05) is 12.1 Å². The van der Waals surface area contributed by atoms with E-state index in [0.29, 0.717) is 26.2 Å². The van der Waals surface area contributed by atoms with Crippen molar-refractivity contribution in [2.24, 2.45) is 11.8 Å². The van der Waals surface area contributed by atoms with Gasteiger partial charge in [0.25, 0.3) is 0 Å². The second-order valence-electron chi connectivity index (χ2n) is 5.50. The minimum absolute atomic E-state index is 0.257. The molecule has 2 aliphatic rings. The van der Waals surface area contributed by atoms with E-state index >= 15 is 0 Å². The lowest BCUT2D eigenvalue weighted by Gasteiger charge is -2.24. The predicted molar refractivity (Wildman–Crippen MR) is 68.3 cm³/mol. The Bertz CT molecular complexity index is 503. The van der Waals surface area contributed by atoms with Gasteiger partial charge in [-0.2, -0.15) is 13.2 Å². The standard InChI is InChI=1S/C14H15F3N2O/c15-14(16,17)12-3-1-2-4-13(12)19-7-10-5-18(9-20)6-11(10)8-19/h1-4,9-11H,5-8H2/t10-,11+. The van der Waals surface area contributed by atoms with Crippen LogP contribution < -0.4 is 4.90 Å². The number of hydrogen-bond acceptors (Lipinski definition) is 2. The maximum Gasteiger partial charge on any atom is 0.418 e. The Morgan fingerprint density at radius 3 is 2.20 bits per heavy atom. The van der Waals surface area contributed by atoms with Crippen LogP contribution in [0.3, 0.4) is 0 Å². The van der Waals surface area contributed by atoms with Gasteiger partial charge in [-0.15, -0.1) is 0 Å². The molecule has 3 rings (SSSR count). The summed E-state index contributed by atoms with van der Waals surface area (Å²) in [6.07, 6.45) is -3.50. The molecular formula is C14H15F3N2O. The smallest absolute Gasteiger partial charge is 0.370 e. The Hall–Kier alpha value is -1.72. The number of carbonyl (C=O) groups is 1. The predicted octanol–water partition coefficient (Wildman–Crippen LogP) is 2.23. The number of fused-ring (bicyclic) bond motifs is 1. The Balaban J connectivity index is 1.82. The molecule has 20 heavy (non-hydrogen) atoms. The Kier molecular flexibility index (Phi) is 3.11. The van der Waals surface area contributed by atoms with E-state index < -0.39 is 11.7 Å². The summed E-state index contributed by atoms with van der Waals surface area (Å²) in [7, 11) is 0. The Labute approximate surface area is 115 Å².